The van der Waals surface area contributed by atoms with Gasteiger partial charge in [0.05, 0.1) is 26.4 Å². The van der Waals surface area contributed by atoms with Gasteiger partial charge in [-0.1, -0.05) is 337 Å². The standard InChI is InChI=1S/C75H146O17P2/c1-7-10-12-14-16-18-20-22-24-26-28-30-32-34-39-47-53-59-74(79)91-70(63-85-72(77)57-51-45-38-33-31-29-27-25-23-21-19-17-15-13-11-8-2)65-89-93(81,82)87-61-69(76)62-88-94(83,84)90-66-71(64-86-73(78)58-52-46-42-41-43-49-55-67(4)5)92-75(80)60-54-48-40-36-35-37-44-50-56-68(6)9-3/h67-71,76H,7-66H2,1-6H3,(H,81,82)(H,83,84)/t68?,69-,70-,71-/m1/s1. The molecule has 0 amide bonds. The van der Waals surface area contributed by atoms with Crippen LogP contribution in [0.5, 0.6) is 0 Å². The van der Waals surface area contributed by atoms with Crippen molar-refractivity contribution in [2.24, 2.45) is 11.8 Å². The Hall–Kier alpha value is -1.94. The first kappa shape index (κ1) is 92.1. The van der Waals surface area contributed by atoms with Crippen LogP contribution in [-0.2, 0) is 65.4 Å². The second-order valence-electron chi connectivity index (χ2n) is 27.8. The van der Waals surface area contributed by atoms with Crippen LogP contribution in [0.1, 0.15) is 388 Å². The van der Waals surface area contributed by atoms with E-state index >= 15 is 0 Å². The number of ether oxygens (including phenoxy) is 4. The zero-order chi connectivity index (χ0) is 69.3. The fraction of sp³-hybridized carbons (Fsp3) is 0.947. The summed E-state index contributed by atoms with van der Waals surface area (Å²) in [6, 6.07) is 0. The highest BCUT2D eigenvalue weighted by Crippen LogP contribution is 2.45. The maximum Gasteiger partial charge on any atom is 0.472 e. The zero-order valence-corrected chi connectivity index (χ0v) is 63.1. The number of hydrogen-bond acceptors (Lipinski definition) is 15. The van der Waals surface area contributed by atoms with Crippen LogP contribution in [0, 0.1) is 11.8 Å². The number of carbonyl (C=O) groups is 4. The molecule has 0 aliphatic carbocycles. The minimum absolute atomic E-state index is 0.104. The van der Waals surface area contributed by atoms with Gasteiger partial charge in [-0.05, 0) is 37.5 Å². The van der Waals surface area contributed by atoms with E-state index in [0.29, 0.717) is 31.6 Å². The summed E-state index contributed by atoms with van der Waals surface area (Å²) in [5, 5.41) is 10.6. The molecule has 0 saturated carbocycles. The van der Waals surface area contributed by atoms with E-state index < -0.39 is 97.5 Å². The summed E-state index contributed by atoms with van der Waals surface area (Å²) in [6.07, 6.45) is 54.2. The molecule has 0 spiro atoms. The smallest absolute Gasteiger partial charge is 0.462 e. The molecule has 0 bridgehead atoms. The highest BCUT2D eigenvalue weighted by Gasteiger charge is 2.30. The number of aliphatic hydroxyl groups is 1. The van der Waals surface area contributed by atoms with Gasteiger partial charge in [0.25, 0.3) is 0 Å². The lowest BCUT2D eigenvalue weighted by Gasteiger charge is -2.21. The largest absolute Gasteiger partial charge is 0.472 e. The molecular weight excluding hydrogens is 1230 g/mol. The van der Waals surface area contributed by atoms with Crippen molar-refractivity contribution in [1.29, 1.82) is 0 Å². The van der Waals surface area contributed by atoms with Crippen molar-refractivity contribution in [2.75, 3.05) is 39.6 Å². The number of hydrogen-bond donors (Lipinski definition) is 3. The Bertz CT molecular complexity index is 1820. The van der Waals surface area contributed by atoms with Crippen LogP contribution in [0.2, 0.25) is 0 Å². The number of rotatable bonds is 74. The van der Waals surface area contributed by atoms with Gasteiger partial charge in [0.15, 0.2) is 12.2 Å². The third-order valence-electron chi connectivity index (χ3n) is 17.8. The van der Waals surface area contributed by atoms with Crippen LogP contribution in [0.25, 0.3) is 0 Å². The quantitative estimate of drug-likeness (QED) is 0.0222. The molecule has 558 valence electrons. The molecule has 94 heavy (non-hydrogen) atoms. The third-order valence-corrected chi connectivity index (χ3v) is 19.7. The number of aliphatic hydroxyl groups excluding tert-OH is 1. The van der Waals surface area contributed by atoms with Gasteiger partial charge < -0.3 is 33.8 Å². The zero-order valence-electron chi connectivity index (χ0n) is 61.3. The van der Waals surface area contributed by atoms with Crippen molar-refractivity contribution in [3.63, 3.8) is 0 Å². The Morgan fingerprint density at radius 3 is 0.809 bits per heavy atom. The van der Waals surface area contributed by atoms with E-state index in [1.165, 1.54) is 199 Å². The maximum absolute atomic E-state index is 13.1. The number of phosphoric ester groups is 2. The van der Waals surface area contributed by atoms with Gasteiger partial charge in [0, 0.05) is 25.7 Å². The molecule has 3 unspecified atom stereocenters. The lowest BCUT2D eigenvalue weighted by atomic mass is 9.99. The summed E-state index contributed by atoms with van der Waals surface area (Å²) in [4.78, 5) is 72.7. The molecule has 0 radical (unpaired) electrons. The molecule has 0 saturated heterocycles. The van der Waals surface area contributed by atoms with Crippen molar-refractivity contribution < 1.29 is 80.2 Å². The van der Waals surface area contributed by atoms with E-state index in [4.69, 9.17) is 37.0 Å². The molecule has 0 heterocycles. The van der Waals surface area contributed by atoms with E-state index in [0.717, 1.165) is 102 Å². The molecular formula is C75H146O17P2. The molecule has 0 aliphatic heterocycles. The number of unbranched alkanes of at least 4 members (excludes halogenated alkanes) is 43. The Balaban J connectivity index is 5.23. The van der Waals surface area contributed by atoms with Crippen molar-refractivity contribution in [2.45, 2.75) is 407 Å². The Labute approximate surface area is 575 Å². The Morgan fingerprint density at radius 2 is 0.543 bits per heavy atom. The second-order valence-corrected chi connectivity index (χ2v) is 30.7. The first-order valence-corrected chi connectivity index (χ1v) is 42.0. The Kier molecular flexibility index (Phi) is 65.5. The van der Waals surface area contributed by atoms with E-state index in [-0.39, 0.29) is 25.7 Å². The van der Waals surface area contributed by atoms with Gasteiger partial charge in [-0.2, -0.15) is 0 Å². The summed E-state index contributed by atoms with van der Waals surface area (Å²) in [7, 11) is -9.91. The predicted octanol–water partition coefficient (Wildman–Crippen LogP) is 21.9. The third kappa shape index (κ3) is 67.3. The normalized spacial score (nSPS) is 14.3. The molecule has 0 rings (SSSR count). The lowest BCUT2D eigenvalue weighted by Crippen LogP contribution is -2.30. The Morgan fingerprint density at radius 1 is 0.309 bits per heavy atom. The summed E-state index contributed by atoms with van der Waals surface area (Å²) in [5.74, 6) is -0.671. The lowest BCUT2D eigenvalue weighted by molar-refractivity contribution is -0.161. The van der Waals surface area contributed by atoms with Crippen molar-refractivity contribution in [1.82, 2.24) is 0 Å². The minimum atomic E-state index is -4.96. The highest BCUT2D eigenvalue weighted by molar-refractivity contribution is 7.47. The van der Waals surface area contributed by atoms with Crippen LogP contribution in [0.15, 0.2) is 0 Å². The van der Waals surface area contributed by atoms with Gasteiger partial charge in [-0.25, -0.2) is 9.13 Å². The first-order valence-electron chi connectivity index (χ1n) is 39.0. The van der Waals surface area contributed by atoms with Crippen LogP contribution in [0.4, 0.5) is 0 Å². The van der Waals surface area contributed by atoms with Crippen LogP contribution >= 0.6 is 15.6 Å². The highest BCUT2D eigenvalue weighted by atomic mass is 31.2. The molecule has 19 heteroatoms. The van der Waals surface area contributed by atoms with Crippen molar-refractivity contribution in [3.05, 3.63) is 0 Å². The van der Waals surface area contributed by atoms with Gasteiger partial charge in [-0.3, -0.25) is 37.3 Å². The molecule has 6 atom stereocenters. The predicted molar refractivity (Wildman–Crippen MR) is 381 cm³/mol. The molecule has 0 aliphatic rings. The van der Waals surface area contributed by atoms with Gasteiger partial charge >= 0.3 is 39.5 Å². The van der Waals surface area contributed by atoms with E-state index in [2.05, 4.69) is 41.5 Å². The average Bonchev–Trinajstić information content (AvgIpc) is 1.96. The molecule has 0 fully saturated rings. The van der Waals surface area contributed by atoms with Crippen LogP contribution in [-0.4, -0.2) is 96.7 Å². The minimum Gasteiger partial charge on any atom is -0.462 e. The average molecular weight is 1380 g/mol. The first-order chi connectivity index (χ1) is 45.4. The molecule has 17 nitrogen and oxygen atoms in total. The van der Waals surface area contributed by atoms with Crippen molar-refractivity contribution in [3.8, 4) is 0 Å². The molecule has 0 aromatic carbocycles. The summed E-state index contributed by atoms with van der Waals surface area (Å²) in [5.41, 5.74) is 0. The summed E-state index contributed by atoms with van der Waals surface area (Å²) in [6.45, 7) is 9.51. The van der Waals surface area contributed by atoms with Gasteiger partial charge in [0.2, 0.25) is 0 Å². The fourth-order valence-electron chi connectivity index (χ4n) is 11.4. The van der Waals surface area contributed by atoms with E-state index in [1.54, 1.807) is 0 Å². The summed E-state index contributed by atoms with van der Waals surface area (Å²) < 4.78 is 68.5. The van der Waals surface area contributed by atoms with Crippen molar-refractivity contribution >= 4 is 39.5 Å². The van der Waals surface area contributed by atoms with Gasteiger partial charge in [0.1, 0.15) is 19.3 Å². The van der Waals surface area contributed by atoms with E-state index in [9.17, 15) is 43.2 Å². The topological polar surface area (TPSA) is 237 Å². The fourth-order valence-corrected chi connectivity index (χ4v) is 13.0. The van der Waals surface area contributed by atoms with Crippen LogP contribution in [0.3, 0.4) is 0 Å². The summed E-state index contributed by atoms with van der Waals surface area (Å²) >= 11 is 0. The van der Waals surface area contributed by atoms with Crippen LogP contribution < -0.4 is 0 Å². The molecule has 3 N–H and O–H groups in total. The number of phosphoric acid groups is 2. The maximum atomic E-state index is 13.1. The molecule has 0 aromatic rings. The van der Waals surface area contributed by atoms with Gasteiger partial charge in [-0.15, -0.1) is 0 Å². The monoisotopic (exact) mass is 1380 g/mol. The SMILES string of the molecule is CCCCCCCCCCCCCCCCCCCC(=O)O[C@H](COC(=O)CCCCCCCCCCCCCCCCCC)COP(=O)(O)OC[C@@H](O)COP(=O)(O)OC[C@@H](COC(=O)CCCCCCCCC(C)C)OC(=O)CCCCCCCCCCC(C)CC. The number of carbonyl (C=O) groups excluding carboxylic acids is 4. The molecule has 0 aromatic heterocycles. The number of esters is 4. The second kappa shape index (κ2) is 66.9. The van der Waals surface area contributed by atoms with E-state index in [1.807, 2.05) is 0 Å².